The van der Waals surface area contributed by atoms with Crippen molar-refractivity contribution in [3.8, 4) is 16.9 Å². The summed E-state index contributed by atoms with van der Waals surface area (Å²) in [6.07, 6.45) is 0. The summed E-state index contributed by atoms with van der Waals surface area (Å²) in [5.41, 5.74) is 4.10. The number of hydrogen-bond donors (Lipinski definition) is 1. The first-order valence-corrected chi connectivity index (χ1v) is 4.90. The first kappa shape index (κ1) is 9.71. The molecule has 1 heterocycles. The number of nitrogens with zero attached hydrogens (tertiary/aromatic N) is 1. The fourth-order valence-corrected chi connectivity index (χ4v) is 1.69. The van der Waals surface area contributed by atoms with Gasteiger partial charge in [-0.3, -0.25) is 4.98 Å². The van der Waals surface area contributed by atoms with E-state index < -0.39 is 0 Å². The van der Waals surface area contributed by atoms with Gasteiger partial charge in [-0.15, -0.1) is 0 Å². The lowest BCUT2D eigenvalue weighted by molar-refractivity contribution is 0.475. The Bertz CT molecular complexity index is 471. The summed E-state index contributed by atoms with van der Waals surface area (Å²) in [4.78, 5) is 4.32. The summed E-state index contributed by atoms with van der Waals surface area (Å²) in [7, 11) is 0. The van der Waals surface area contributed by atoms with Gasteiger partial charge in [0.05, 0.1) is 0 Å². The molecule has 0 aliphatic rings. The van der Waals surface area contributed by atoms with Gasteiger partial charge in [0.2, 0.25) is 0 Å². The van der Waals surface area contributed by atoms with Crippen molar-refractivity contribution in [2.75, 3.05) is 0 Å². The maximum atomic E-state index is 9.40. The minimum absolute atomic E-state index is 0.291. The summed E-state index contributed by atoms with van der Waals surface area (Å²) < 4.78 is 0. The molecule has 0 aliphatic heterocycles. The van der Waals surface area contributed by atoms with Gasteiger partial charge in [-0.2, -0.15) is 0 Å². The maximum Gasteiger partial charge on any atom is 0.116 e. The molecule has 1 aromatic heterocycles. The zero-order chi connectivity index (χ0) is 10.8. The average Bonchev–Trinajstić information content (AvgIpc) is 2.16. The zero-order valence-electron chi connectivity index (χ0n) is 8.86. The molecule has 1 aromatic carbocycles. The van der Waals surface area contributed by atoms with Gasteiger partial charge in [0.25, 0.3) is 0 Å². The van der Waals surface area contributed by atoms with E-state index in [-0.39, 0.29) is 0 Å². The number of benzene rings is 1. The van der Waals surface area contributed by atoms with Gasteiger partial charge in [0, 0.05) is 11.4 Å². The van der Waals surface area contributed by atoms with Crippen LogP contribution in [0.15, 0.2) is 36.4 Å². The molecule has 0 fully saturated rings. The molecule has 1 N–H and O–H groups in total. The van der Waals surface area contributed by atoms with E-state index >= 15 is 0 Å². The number of pyridine rings is 1. The van der Waals surface area contributed by atoms with Crippen LogP contribution in [-0.4, -0.2) is 10.1 Å². The minimum Gasteiger partial charge on any atom is -0.508 e. The van der Waals surface area contributed by atoms with E-state index in [1.807, 2.05) is 38.1 Å². The van der Waals surface area contributed by atoms with E-state index in [9.17, 15) is 5.11 Å². The van der Waals surface area contributed by atoms with Crippen LogP contribution < -0.4 is 0 Å². The van der Waals surface area contributed by atoms with E-state index in [2.05, 4.69) is 4.98 Å². The Hall–Kier alpha value is -1.83. The summed E-state index contributed by atoms with van der Waals surface area (Å²) in [6, 6.07) is 11.3. The lowest BCUT2D eigenvalue weighted by Crippen LogP contribution is -1.87. The van der Waals surface area contributed by atoms with Crippen LogP contribution in [0.5, 0.6) is 5.75 Å². The van der Waals surface area contributed by atoms with E-state index in [0.29, 0.717) is 5.75 Å². The Labute approximate surface area is 89.2 Å². The van der Waals surface area contributed by atoms with Crippen molar-refractivity contribution in [2.24, 2.45) is 0 Å². The molecule has 0 aliphatic carbocycles. The van der Waals surface area contributed by atoms with Gasteiger partial charge in [-0.25, -0.2) is 0 Å². The molecule has 0 radical (unpaired) electrons. The number of hydrogen-bond acceptors (Lipinski definition) is 2. The second-order valence-corrected chi connectivity index (χ2v) is 3.69. The van der Waals surface area contributed by atoms with Crippen molar-refractivity contribution in [1.29, 1.82) is 0 Å². The maximum absolute atomic E-state index is 9.40. The van der Waals surface area contributed by atoms with Crippen molar-refractivity contribution in [3.63, 3.8) is 0 Å². The van der Waals surface area contributed by atoms with Crippen LogP contribution in [0.2, 0.25) is 0 Å². The molecule has 0 atom stereocenters. The monoisotopic (exact) mass is 199 g/mol. The highest BCUT2D eigenvalue weighted by Gasteiger charge is 2.00. The molecule has 0 bridgehead atoms. The van der Waals surface area contributed by atoms with Gasteiger partial charge >= 0.3 is 0 Å². The first-order chi connectivity index (χ1) is 7.15. The van der Waals surface area contributed by atoms with Crippen LogP contribution in [0.1, 0.15) is 11.4 Å². The van der Waals surface area contributed by atoms with E-state index in [4.69, 9.17) is 0 Å². The van der Waals surface area contributed by atoms with Crippen molar-refractivity contribution in [3.05, 3.63) is 47.8 Å². The Kier molecular flexibility index (Phi) is 2.42. The van der Waals surface area contributed by atoms with Gasteiger partial charge in [0.1, 0.15) is 5.75 Å². The third kappa shape index (κ3) is 2.15. The summed E-state index contributed by atoms with van der Waals surface area (Å²) in [6.45, 7) is 3.94. The van der Waals surface area contributed by atoms with Crippen LogP contribution in [0.25, 0.3) is 11.1 Å². The van der Waals surface area contributed by atoms with Crippen molar-refractivity contribution < 1.29 is 5.11 Å². The van der Waals surface area contributed by atoms with Crippen molar-refractivity contribution in [2.45, 2.75) is 13.8 Å². The van der Waals surface area contributed by atoms with E-state index in [0.717, 1.165) is 22.5 Å². The molecule has 76 valence electrons. The highest BCUT2D eigenvalue weighted by molar-refractivity contribution is 5.65. The van der Waals surface area contributed by atoms with Crippen molar-refractivity contribution >= 4 is 0 Å². The number of aromatic nitrogens is 1. The molecular weight excluding hydrogens is 186 g/mol. The summed E-state index contributed by atoms with van der Waals surface area (Å²) >= 11 is 0. The van der Waals surface area contributed by atoms with Gasteiger partial charge in [-0.1, -0.05) is 12.1 Å². The fourth-order valence-electron chi connectivity index (χ4n) is 1.69. The third-order valence-electron chi connectivity index (χ3n) is 2.26. The Morgan fingerprint density at radius 3 is 2.20 bits per heavy atom. The SMILES string of the molecule is Cc1cc(-c2cccc(O)c2)cc(C)n1. The zero-order valence-corrected chi connectivity index (χ0v) is 8.86. The highest BCUT2D eigenvalue weighted by Crippen LogP contribution is 2.23. The summed E-state index contributed by atoms with van der Waals surface area (Å²) in [5.74, 6) is 0.291. The molecule has 15 heavy (non-hydrogen) atoms. The largest absolute Gasteiger partial charge is 0.508 e. The van der Waals surface area contributed by atoms with Crippen molar-refractivity contribution in [1.82, 2.24) is 4.98 Å². The molecule has 2 rings (SSSR count). The number of phenolic OH excluding ortho intramolecular Hbond substituents is 1. The molecule has 0 unspecified atom stereocenters. The highest BCUT2D eigenvalue weighted by atomic mass is 16.3. The Balaban J connectivity index is 2.54. The van der Waals surface area contributed by atoms with Gasteiger partial charge in [0.15, 0.2) is 0 Å². The predicted molar refractivity (Wildman–Crippen MR) is 60.8 cm³/mol. The number of phenols is 1. The lowest BCUT2D eigenvalue weighted by atomic mass is 10.0. The van der Waals surface area contributed by atoms with Crippen LogP contribution in [-0.2, 0) is 0 Å². The van der Waals surface area contributed by atoms with Crippen LogP contribution in [0.3, 0.4) is 0 Å². The van der Waals surface area contributed by atoms with E-state index in [1.54, 1.807) is 12.1 Å². The van der Waals surface area contributed by atoms with Gasteiger partial charge in [-0.05, 0) is 49.2 Å². The topological polar surface area (TPSA) is 33.1 Å². The molecule has 0 saturated carbocycles. The molecule has 0 spiro atoms. The Morgan fingerprint density at radius 1 is 0.933 bits per heavy atom. The van der Waals surface area contributed by atoms with E-state index in [1.165, 1.54) is 0 Å². The lowest BCUT2D eigenvalue weighted by Gasteiger charge is -2.04. The first-order valence-electron chi connectivity index (χ1n) is 4.90. The fraction of sp³-hybridized carbons (Fsp3) is 0.154. The molecule has 2 nitrogen and oxygen atoms in total. The second-order valence-electron chi connectivity index (χ2n) is 3.69. The predicted octanol–water partition coefficient (Wildman–Crippen LogP) is 3.07. The van der Waals surface area contributed by atoms with Gasteiger partial charge < -0.3 is 5.11 Å². The standard InChI is InChI=1S/C13H13NO/c1-9-6-12(7-10(2)14-9)11-4-3-5-13(15)8-11/h3-8,15H,1-2H3. The molecule has 0 amide bonds. The average molecular weight is 199 g/mol. The molecule has 0 saturated heterocycles. The van der Waals surface area contributed by atoms with Crippen LogP contribution in [0.4, 0.5) is 0 Å². The molecular formula is C13H13NO. The third-order valence-corrected chi connectivity index (χ3v) is 2.26. The summed E-state index contributed by atoms with van der Waals surface area (Å²) in [5, 5.41) is 9.40. The van der Waals surface area contributed by atoms with Crippen LogP contribution >= 0.6 is 0 Å². The molecule has 2 heteroatoms. The Morgan fingerprint density at radius 2 is 1.60 bits per heavy atom. The normalized spacial score (nSPS) is 10.3. The quantitative estimate of drug-likeness (QED) is 0.765. The minimum atomic E-state index is 0.291. The smallest absolute Gasteiger partial charge is 0.116 e. The number of rotatable bonds is 1. The van der Waals surface area contributed by atoms with Crippen LogP contribution in [0, 0.1) is 13.8 Å². The second kappa shape index (κ2) is 3.73. The number of aryl methyl sites for hydroxylation is 2. The number of aromatic hydroxyl groups is 1. The molecule has 2 aromatic rings.